The SMILES string of the molecule is O=C(O)c1csc(CCNC(=O)C23CC4CC(CC(C4)C2)C3)n1. The minimum Gasteiger partial charge on any atom is -0.476 e. The van der Waals surface area contributed by atoms with E-state index in [2.05, 4.69) is 10.3 Å². The Bertz CT molecular complexity index is 604. The van der Waals surface area contributed by atoms with Crippen molar-refractivity contribution in [3.05, 3.63) is 16.1 Å². The second kappa shape index (κ2) is 5.58. The topological polar surface area (TPSA) is 79.3 Å². The molecule has 1 aromatic heterocycles. The molecule has 0 aromatic carbocycles. The van der Waals surface area contributed by atoms with Crippen molar-refractivity contribution >= 4 is 23.2 Å². The van der Waals surface area contributed by atoms with Crippen molar-refractivity contribution in [1.82, 2.24) is 10.3 Å². The number of carboxylic acids is 1. The molecule has 4 aliphatic rings. The standard InChI is InChI=1S/C17H22N2O3S/c20-15(21)13-9-23-14(19-13)1-2-18-16(22)17-6-10-3-11(7-17)5-12(4-10)8-17/h9-12H,1-8H2,(H,18,22)(H,20,21). The summed E-state index contributed by atoms with van der Waals surface area (Å²) in [5.41, 5.74) is -0.0125. The molecular formula is C17H22N2O3S. The zero-order valence-electron chi connectivity index (χ0n) is 13.1. The molecule has 0 aliphatic heterocycles. The lowest BCUT2D eigenvalue weighted by molar-refractivity contribution is -0.146. The minimum atomic E-state index is -0.995. The summed E-state index contributed by atoms with van der Waals surface area (Å²) in [6.07, 6.45) is 7.84. The molecule has 5 nitrogen and oxygen atoms in total. The number of amides is 1. The van der Waals surface area contributed by atoms with Gasteiger partial charge >= 0.3 is 5.97 Å². The normalized spacial score (nSPS) is 34.5. The number of aromatic carboxylic acids is 1. The lowest BCUT2D eigenvalue weighted by atomic mass is 9.49. The predicted octanol–water partition coefficient (Wildman–Crippen LogP) is 2.72. The molecule has 0 atom stereocenters. The zero-order chi connectivity index (χ0) is 16.0. The van der Waals surface area contributed by atoms with Gasteiger partial charge in [-0.3, -0.25) is 4.79 Å². The molecule has 23 heavy (non-hydrogen) atoms. The number of carbonyl (C=O) groups is 2. The number of hydrogen-bond acceptors (Lipinski definition) is 4. The Morgan fingerprint density at radius 2 is 1.83 bits per heavy atom. The van der Waals surface area contributed by atoms with Crippen molar-refractivity contribution < 1.29 is 14.7 Å². The van der Waals surface area contributed by atoms with Gasteiger partial charge in [0.05, 0.1) is 5.01 Å². The average molecular weight is 334 g/mol. The molecule has 5 rings (SSSR count). The molecule has 4 bridgehead atoms. The molecule has 4 aliphatic carbocycles. The first kappa shape index (κ1) is 15.1. The summed E-state index contributed by atoms with van der Waals surface area (Å²) in [7, 11) is 0. The van der Waals surface area contributed by atoms with E-state index >= 15 is 0 Å². The Morgan fingerprint density at radius 1 is 1.22 bits per heavy atom. The first-order chi connectivity index (χ1) is 11.0. The van der Waals surface area contributed by atoms with Gasteiger partial charge in [0, 0.05) is 23.8 Å². The van der Waals surface area contributed by atoms with Gasteiger partial charge in [0.2, 0.25) is 5.91 Å². The summed E-state index contributed by atoms with van der Waals surface area (Å²) in [4.78, 5) is 27.7. The quantitative estimate of drug-likeness (QED) is 0.868. The van der Waals surface area contributed by atoms with Gasteiger partial charge in [0.25, 0.3) is 0 Å². The van der Waals surface area contributed by atoms with Gasteiger partial charge in [-0.1, -0.05) is 0 Å². The van der Waals surface area contributed by atoms with E-state index < -0.39 is 5.97 Å². The van der Waals surface area contributed by atoms with Crippen molar-refractivity contribution in [3.63, 3.8) is 0 Å². The highest BCUT2D eigenvalue weighted by Crippen LogP contribution is 2.60. The van der Waals surface area contributed by atoms with Crippen LogP contribution in [0.3, 0.4) is 0 Å². The fraction of sp³-hybridized carbons (Fsp3) is 0.706. The summed E-state index contributed by atoms with van der Waals surface area (Å²) in [6.45, 7) is 0.549. The highest BCUT2D eigenvalue weighted by molar-refractivity contribution is 7.09. The minimum absolute atomic E-state index is 0.0948. The van der Waals surface area contributed by atoms with Gasteiger partial charge in [-0.2, -0.15) is 0 Å². The van der Waals surface area contributed by atoms with Crippen LogP contribution in [0.5, 0.6) is 0 Å². The summed E-state index contributed by atoms with van der Waals surface area (Å²) in [5.74, 6) is 1.54. The van der Waals surface area contributed by atoms with Crippen LogP contribution in [0.15, 0.2) is 5.38 Å². The number of nitrogens with one attached hydrogen (secondary N) is 1. The molecule has 6 heteroatoms. The molecule has 1 amide bonds. The third-order valence-electron chi connectivity index (χ3n) is 5.92. The number of rotatable bonds is 5. The van der Waals surface area contributed by atoms with Crippen LogP contribution in [0.4, 0.5) is 0 Å². The van der Waals surface area contributed by atoms with E-state index in [4.69, 9.17) is 5.11 Å². The highest BCUT2D eigenvalue weighted by atomic mass is 32.1. The summed E-state index contributed by atoms with van der Waals surface area (Å²) < 4.78 is 0. The van der Waals surface area contributed by atoms with Gasteiger partial charge in [-0.25, -0.2) is 9.78 Å². The molecule has 0 spiro atoms. The Morgan fingerprint density at radius 3 is 2.35 bits per heavy atom. The molecule has 2 N–H and O–H groups in total. The maximum atomic E-state index is 12.8. The fourth-order valence-electron chi connectivity index (χ4n) is 5.38. The molecule has 0 saturated heterocycles. The number of carboxylic acid groups (broad SMARTS) is 1. The maximum absolute atomic E-state index is 12.8. The molecule has 4 saturated carbocycles. The number of nitrogens with zero attached hydrogens (tertiary/aromatic N) is 1. The van der Waals surface area contributed by atoms with E-state index in [1.54, 1.807) is 5.38 Å². The Kier molecular flexibility index (Phi) is 3.67. The molecular weight excluding hydrogens is 312 g/mol. The van der Waals surface area contributed by atoms with Crippen molar-refractivity contribution in [2.24, 2.45) is 23.2 Å². The van der Waals surface area contributed by atoms with Gasteiger partial charge < -0.3 is 10.4 Å². The summed E-state index contributed by atoms with van der Waals surface area (Å²) >= 11 is 1.35. The van der Waals surface area contributed by atoms with Crippen molar-refractivity contribution in [1.29, 1.82) is 0 Å². The zero-order valence-corrected chi connectivity index (χ0v) is 13.9. The fourth-order valence-corrected chi connectivity index (χ4v) is 6.16. The van der Waals surface area contributed by atoms with Crippen LogP contribution in [0.2, 0.25) is 0 Å². The first-order valence-corrected chi connectivity index (χ1v) is 9.38. The van der Waals surface area contributed by atoms with E-state index in [0.29, 0.717) is 13.0 Å². The average Bonchev–Trinajstić information content (AvgIpc) is 2.95. The van der Waals surface area contributed by atoms with Gasteiger partial charge in [-0.15, -0.1) is 11.3 Å². The van der Waals surface area contributed by atoms with E-state index in [0.717, 1.165) is 42.0 Å². The lowest BCUT2D eigenvalue weighted by Crippen LogP contribution is -2.53. The Balaban J connectivity index is 1.34. The van der Waals surface area contributed by atoms with Crippen LogP contribution in [0, 0.1) is 23.2 Å². The third-order valence-corrected chi connectivity index (χ3v) is 6.82. The van der Waals surface area contributed by atoms with E-state index in [9.17, 15) is 9.59 Å². The van der Waals surface area contributed by atoms with Crippen LogP contribution < -0.4 is 5.32 Å². The van der Waals surface area contributed by atoms with E-state index in [1.165, 1.54) is 30.6 Å². The molecule has 0 unspecified atom stereocenters. The second-order valence-electron chi connectivity index (χ2n) is 7.64. The number of hydrogen-bond donors (Lipinski definition) is 2. The largest absolute Gasteiger partial charge is 0.476 e. The van der Waals surface area contributed by atoms with Gasteiger partial charge in [0.15, 0.2) is 5.69 Å². The van der Waals surface area contributed by atoms with Crippen molar-refractivity contribution in [2.75, 3.05) is 6.54 Å². The number of aromatic nitrogens is 1. The second-order valence-corrected chi connectivity index (χ2v) is 8.58. The number of carbonyl (C=O) groups excluding carboxylic acids is 1. The lowest BCUT2D eigenvalue weighted by Gasteiger charge is -2.55. The molecule has 1 aromatic rings. The van der Waals surface area contributed by atoms with Crippen molar-refractivity contribution in [2.45, 2.75) is 44.9 Å². The molecule has 124 valence electrons. The van der Waals surface area contributed by atoms with Crippen LogP contribution in [0.25, 0.3) is 0 Å². The molecule has 4 fully saturated rings. The third kappa shape index (κ3) is 2.77. The molecule has 1 heterocycles. The van der Waals surface area contributed by atoms with Crippen LogP contribution >= 0.6 is 11.3 Å². The monoisotopic (exact) mass is 334 g/mol. The summed E-state index contributed by atoms with van der Waals surface area (Å²) in [5, 5.41) is 14.3. The Hall–Kier alpha value is -1.43. The summed E-state index contributed by atoms with van der Waals surface area (Å²) in [6, 6.07) is 0. The highest BCUT2D eigenvalue weighted by Gasteiger charge is 2.54. The maximum Gasteiger partial charge on any atom is 0.355 e. The predicted molar refractivity (Wildman–Crippen MR) is 86.4 cm³/mol. The molecule has 0 radical (unpaired) electrons. The van der Waals surface area contributed by atoms with Gasteiger partial charge in [0.1, 0.15) is 0 Å². The van der Waals surface area contributed by atoms with Crippen LogP contribution in [-0.4, -0.2) is 28.5 Å². The van der Waals surface area contributed by atoms with E-state index in [1.807, 2.05) is 0 Å². The van der Waals surface area contributed by atoms with Crippen LogP contribution in [-0.2, 0) is 11.2 Å². The Labute approximate surface area is 139 Å². The van der Waals surface area contributed by atoms with E-state index in [-0.39, 0.29) is 17.0 Å². The van der Waals surface area contributed by atoms with Crippen molar-refractivity contribution in [3.8, 4) is 0 Å². The first-order valence-electron chi connectivity index (χ1n) is 8.50. The van der Waals surface area contributed by atoms with Crippen LogP contribution in [0.1, 0.15) is 54.0 Å². The number of thiazole rings is 1. The van der Waals surface area contributed by atoms with Gasteiger partial charge in [-0.05, 0) is 56.3 Å². The smallest absolute Gasteiger partial charge is 0.355 e.